The van der Waals surface area contributed by atoms with Crippen molar-refractivity contribution in [2.75, 3.05) is 16.4 Å². The molecule has 10 nitrogen and oxygen atoms in total. The number of hydrogen-bond donors (Lipinski definition) is 3. The molecule has 0 aromatic heterocycles. The van der Waals surface area contributed by atoms with Gasteiger partial charge in [-0.1, -0.05) is 24.3 Å². The van der Waals surface area contributed by atoms with Crippen LogP contribution in [0.4, 0.5) is 84.2 Å². The zero-order valence-corrected chi connectivity index (χ0v) is 31.6. The average molecular weight is 897 g/mol. The quantitative estimate of drug-likeness (QED) is 0.0716. The van der Waals surface area contributed by atoms with Crippen molar-refractivity contribution in [3.63, 3.8) is 0 Å². The molecule has 24 heteroatoms. The van der Waals surface area contributed by atoms with Crippen molar-refractivity contribution >= 4 is 34.6 Å². The minimum Gasteiger partial charge on any atom is -0.399 e. The van der Waals surface area contributed by atoms with Crippen LogP contribution in [-0.2, 0) is 11.3 Å². The number of nitrogens with zero attached hydrogens (tertiary/aromatic N) is 3. The van der Waals surface area contributed by atoms with Crippen LogP contribution in [0.5, 0.6) is 0 Å². The van der Waals surface area contributed by atoms with Crippen LogP contribution in [0.3, 0.4) is 0 Å². The molecule has 0 aliphatic heterocycles. The summed E-state index contributed by atoms with van der Waals surface area (Å²) in [7, 11) is 0. The first-order valence-electron chi connectivity index (χ1n) is 16.7. The predicted molar refractivity (Wildman–Crippen MR) is 191 cm³/mol. The number of nitro groups is 1. The van der Waals surface area contributed by atoms with E-state index in [-0.39, 0.29) is 61.6 Å². The van der Waals surface area contributed by atoms with Crippen LogP contribution < -0.4 is 16.4 Å². The number of carbonyl (C=O) groups excluding carboxylic acids is 2. The zero-order chi connectivity index (χ0) is 47.7. The van der Waals surface area contributed by atoms with Gasteiger partial charge in [-0.3, -0.25) is 19.7 Å². The molecule has 0 saturated carbocycles. The number of hydrogen-bond acceptors (Lipinski definition) is 7. The fourth-order valence-corrected chi connectivity index (χ4v) is 5.83. The van der Waals surface area contributed by atoms with Gasteiger partial charge in [0.1, 0.15) is 0 Å². The van der Waals surface area contributed by atoms with Gasteiger partial charge in [0.25, 0.3) is 17.5 Å². The zero-order valence-electron chi connectivity index (χ0n) is 31.6. The number of nitrogens with one attached hydrogen (secondary N) is 2. The number of benzene rings is 4. The Morgan fingerprint density at radius 3 is 1.15 bits per heavy atom. The third kappa shape index (κ3) is 9.80. The highest BCUT2D eigenvalue weighted by Gasteiger charge is 2.74. The molecular weight excluding hydrogens is 870 g/mol. The van der Waals surface area contributed by atoms with Crippen molar-refractivity contribution in [2.24, 2.45) is 0 Å². The first kappa shape index (κ1) is 49.4. The van der Waals surface area contributed by atoms with Gasteiger partial charge in [0.05, 0.1) is 28.2 Å². The Balaban J connectivity index is 0.000000331. The molecular formula is C38H26F14N6O4. The van der Waals surface area contributed by atoms with Gasteiger partial charge in [-0.15, -0.1) is 0 Å². The molecule has 0 bridgehead atoms. The van der Waals surface area contributed by atoms with Crippen molar-refractivity contribution < 1.29 is 76.0 Å². The third-order valence-corrected chi connectivity index (χ3v) is 8.77. The number of carbonyl (C=O) groups is 2. The first-order valence-corrected chi connectivity index (χ1v) is 16.7. The highest BCUT2D eigenvalue weighted by Crippen LogP contribution is 2.55. The van der Waals surface area contributed by atoms with E-state index in [0.717, 1.165) is 45.9 Å². The van der Waals surface area contributed by atoms with Crippen molar-refractivity contribution in [1.29, 1.82) is 10.5 Å². The Hall–Kier alpha value is -6.98. The van der Waals surface area contributed by atoms with E-state index in [9.17, 15) is 81.2 Å². The molecule has 0 fully saturated rings. The summed E-state index contributed by atoms with van der Waals surface area (Å²) in [5.74, 6) is -1.83. The fourth-order valence-electron chi connectivity index (χ4n) is 5.83. The summed E-state index contributed by atoms with van der Waals surface area (Å²) in [6, 6.07) is 11.2. The molecule has 0 aliphatic carbocycles. The second-order valence-electron chi connectivity index (χ2n) is 13.3. The van der Waals surface area contributed by atoms with E-state index in [4.69, 9.17) is 16.3 Å². The van der Waals surface area contributed by atoms with E-state index >= 15 is 0 Å². The van der Waals surface area contributed by atoms with Gasteiger partial charge in [0.2, 0.25) is 0 Å². The number of nitrogens with two attached hydrogens (primary N) is 1. The maximum absolute atomic E-state index is 14.3. The molecule has 0 radical (unpaired) electrons. The van der Waals surface area contributed by atoms with Crippen molar-refractivity contribution in [2.45, 2.75) is 63.7 Å². The number of rotatable bonds is 7. The number of nitro benzene ring substituents is 1. The van der Waals surface area contributed by atoms with Gasteiger partial charge in [0.15, 0.2) is 0 Å². The number of nitrogen functional groups attached to an aromatic ring is 1. The summed E-state index contributed by atoms with van der Waals surface area (Å²) in [6.07, 6.45) is -25.1. The Morgan fingerprint density at radius 2 is 0.855 bits per heavy atom. The number of aryl methyl sites for hydroxylation is 4. The Bertz CT molecular complexity index is 2440. The van der Waals surface area contributed by atoms with Crippen molar-refractivity contribution in [1.82, 2.24) is 0 Å². The maximum Gasteiger partial charge on any atom is 0.435 e. The van der Waals surface area contributed by atoms with Crippen molar-refractivity contribution in [3.05, 3.63) is 126 Å². The van der Waals surface area contributed by atoms with Gasteiger partial charge >= 0.3 is 36.0 Å². The second kappa shape index (κ2) is 17.2. The van der Waals surface area contributed by atoms with E-state index in [1.807, 2.05) is 0 Å². The summed E-state index contributed by atoms with van der Waals surface area (Å²) in [6.45, 7) is 4.35. The summed E-state index contributed by atoms with van der Waals surface area (Å²) in [5, 5.41) is 33.4. The number of alkyl halides is 14. The molecule has 0 atom stereocenters. The lowest BCUT2D eigenvalue weighted by Gasteiger charge is -2.31. The van der Waals surface area contributed by atoms with Crippen molar-refractivity contribution in [3.8, 4) is 12.1 Å². The van der Waals surface area contributed by atoms with Gasteiger partial charge in [-0.2, -0.15) is 63.2 Å². The Labute approximate surface area is 339 Å². The number of halogens is 14. The first-order chi connectivity index (χ1) is 28.1. The van der Waals surface area contributed by atoms with Crippen LogP contribution >= 0.6 is 0 Å². The standard InChI is InChI=1S/C19H12F7N3O3.C19H14F7N3O/c1-9-3-13(17(20,18(21,22)23)19(24,25)26)4-10(2)15(9)28-16(30)12-5-11(8-27)6-14(7-12)29(31)32;1-9-3-13(17(20,18(21,22)23)19(24,25)26)4-10(2)15(9)29-16(30)12-5-11(8-27)6-14(28)7-12/h3-7H,1-2H3,(H,28,30);3-7H,28H2,1-2H3,(H,29,30). The predicted octanol–water partition coefficient (Wildman–Crippen LogP) is 10.9. The number of non-ortho nitro benzene ring substituents is 1. The fraction of sp³-hybridized carbons (Fsp3) is 0.263. The molecule has 330 valence electrons. The molecule has 2 amide bonds. The Morgan fingerprint density at radius 1 is 0.548 bits per heavy atom. The second-order valence-corrected chi connectivity index (χ2v) is 13.3. The van der Waals surface area contributed by atoms with Gasteiger partial charge in [-0.05, 0) is 74.2 Å². The molecule has 62 heavy (non-hydrogen) atoms. The highest BCUT2D eigenvalue weighted by molar-refractivity contribution is 6.06. The molecule has 0 unspecified atom stereocenters. The lowest BCUT2D eigenvalue weighted by atomic mass is 9.90. The lowest BCUT2D eigenvalue weighted by Crippen LogP contribution is -2.50. The topological polar surface area (TPSA) is 175 Å². The summed E-state index contributed by atoms with van der Waals surface area (Å²) >= 11 is 0. The molecule has 4 aromatic rings. The lowest BCUT2D eigenvalue weighted by molar-refractivity contribution is -0.384. The van der Waals surface area contributed by atoms with E-state index in [0.29, 0.717) is 24.3 Å². The average Bonchev–Trinajstić information content (AvgIpc) is 3.14. The normalized spacial score (nSPS) is 12.3. The summed E-state index contributed by atoms with van der Waals surface area (Å²) < 4.78 is 185. The van der Waals surface area contributed by atoms with E-state index < -0.39 is 69.6 Å². The SMILES string of the molecule is Cc1cc(C(F)(C(F)(F)F)C(F)(F)F)cc(C)c1NC(=O)c1cc(C#N)cc([N+](=O)[O-])c1.Cc1cc(C(F)(C(F)(F)F)C(F)(F)F)cc(C)c1NC(=O)c1cc(N)cc(C#N)c1. The van der Waals surface area contributed by atoms with E-state index in [1.54, 1.807) is 12.1 Å². The third-order valence-electron chi connectivity index (χ3n) is 8.77. The molecule has 0 heterocycles. The minimum atomic E-state index is -6.30. The van der Waals surface area contributed by atoms with E-state index in [2.05, 4.69) is 10.6 Å². The molecule has 4 aromatic carbocycles. The van der Waals surface area contributed by atoms with Crippen LogP contribution in [0.15, 0.2) is 60.7 Å². The van der Waals surface area contributed by atoms with Crippen LogP contribution in [0.1, 0.15) is 65.2 Å². The minimum absolute atomic E-state index is 0.0557. The summed E-state index contributed by atoms with van der Waals surface area (Å²) in [5.41, 5.74) is -11.5. The van der Waals surface area contributed by atoms with Crippen LogP contribution in [0.2, 0.25) is 0 Å². The van der Waals surface area contributed by atoms with Gasteiger partial charge in [-0.25, -0.2) is 8.78 Å². The van der Waals surface area contributed by atoms with Gasteiger partial charge < -0.3 is 16.4 Å². The molecule has 0 spiro atoms. The number of amides is 2. The largest absolute Gasteiger partial charge is 0.435 e. The summed E-state index contributed by atoms with van der Waals surface area (Å²) in [4.78, 5) is 35.0. The smallest absolute Gasteiger partial charge is 0.399 e. The van der Waals surface area contributed by atoms with Crippen LogP contribution in [-0.4, -0.2) is 41.4 Å². The van der Waals surface area contributed by atoms with Crippen LogP contribution in [0, 0.1) is 60.5 Å². The number of nitriles is 2. The van der Waals surface area contributed by atoms with E-state index in [1.165, 1.54) is 18.2 Å². The molecule has 4 N–H and O–H groups in total. The molecule has 0 saturated heterocycles. The molecule has 4 rings (SSSR count). The maximum atomic E-state index is 14.3. The molecule has 0 aliphatic rings. The van der Waals surface area contributed by atoms with Gasteiger partial charge in [0, 0.05) is 51.4 Å². The van der Waals surface area contributed by atoms with Crippen LogP contribution in [0.25, 0.3) is 0 Å². The highest BCUT2D eigenvalue weighted by atomic mass is 19.4. The number of anilines is 3. The Kier molecular flexibility index (Phi) is 13.7. The monoisotopic (exact) mass is 896 g/mol.